The smallest absolute Gasteiger partial charge is 0.417 e. The third kappa shape index (κ3) is 4.47. The van der Waals surface area contributed by atoms with Gasteiger partial charge in [0.2, 0.25) is 5.91 Å². The highest BCUT2D eigenvalue weighted by Crippen LogP contribution is 2.32. The second-order valence-electron chi connectivity index (χ2n) is 8.04. The summed E-state index contributed by atoms with van der Waals surface area (Å²) >= 11 is 0. The Kier molecular flexibility index (Phi) is 6.45. The molecule has 0 aromatic heterocycles. The van der Waals surface area contributed by atoms with Crippen LogP contribution in [-0.2, 0) is 16.0 Å². The molecule has 0 bridgehead atoms. The van der Waals surface area contributed by atoms with Crippen LogP contribution in [0.1, 0.15) is 34.3 Å². The minimum absolute atomic E-state index is 0.139. The zero-order valence-corrected chi connectivity index (χ0v) is 17.9. The molecular weight excluding hydrogens is 402 g/mol. The highest BCUT2D eigenvalue weighted by Gasteiger charge is 2.44. The van der Waals surface area contributed by atoms with Gasteiger partial charge >= 0.3 is 6.09 Å². The highest BCUT2D eigenvalue weighted by molar-refractivity contribution is 6.04. The molecule has 1 aliphatic rings. The number of imide groups is 1. The predicted octanol–water partition coefficient (Wildman–Crippen LogP) is 4.88. The Morgan fingerprint density at radius 1 is 0.906 bits per heavy atom. The van der Waals surface area contributed by atoms with Crippen molar-refractivity contribution in [2.24, 2.45) is 5.92 Å². The van der Waals surface area contributed by atoms with Gasteiger partial charge in [-0.2, -0.15) is 0 Å². The third-order valence-electron chi connectivity index (χ3n) is 5.91. The summed E-state index contributed by atoms with van der Waals surface area (Å²) in [6.07, 6.45) is -0.155. The molecule has 162 valence electrons. The molecular formula is C27H25NO4. The van der Waals surface area contributed by atoms with Crippen LogP contribution in [0.25, 0.3) is 0 Å². The molecule has 3 atom stereocenters. The van der Waals surface area contributed by atoms with E-state index in [9.17, 15) is 14.4 Å². The minimum Gasteiger partial charge on any atom is -0.447 e. The molecule has 0 unspecified atom stereocenters. The number of hydrogen-bond acceptors (Lipinski definition) is 4. The van der Waals surface area contributed by atoms with Crippen LogP contribution >= 0.6 is 0 Å². The van der Waals surface area contributed by atoms with Crippen molar-refractivity contribution in [3.8, 4) is 0 Å². The molecule has 2 amide bonds. The number of carbonyl (C=O) groups excluding carboxylic acids is 3. The molecule has 1 fully saturated rings. The highest BCUT2D eigenvalue weighted by atomic mass is 16.6. The van der Waals surface area contributed by atoms with Crippen LogP contribution in [0.4, 0.5) is 4.79 Å². The lowest BCUT2D eigenvalue weighted by molar-refractivity contribution is -0.131. The number of nitrogens with zero attached hydrogens (tertiary/aromatic N) is 1. The first-order valence-corrected chi connectivity index (χ1v) is 10.7. The van der Waals surface area contributed by atoms with Gasteiger partial charge in [0.25, 0.3) is 0 Å². The van der Waals surface area contributed by atoms with Gasteiger partial charge < -0.3 is 4.74 Å². The molecule has 4 rings (SSSR count). The standard InChI is InChI=1S/C27H25NO4/c1-19(25(29)22-15-9-4-10-16-22)24(21-13-7-3-8-14-21)26(30)28-23(18-32-27(28)31)17-20-11-5-2-6-12-20/h2-16,19,23-24H,17-18H2,1H3/t19-,23-,24+/m1/s1. The van der Waals surface area contributed by atoms with E-state index in [4.69, 9.17) is 4.74 Å². The first kappa shape index (κ1) is 21.5. The Morgan fingerprint density at radius 2 is 1.47 bits per heavy atom. The van der Waals surface area contributed by atoms with Gasteiger partial charge in [0, 0.05) is 11.5 Å². The number of ketones is 1. The fourth-order valence-electron chi connectivity index (χ4n) is 4.24. The van der Waals surface area contributed by atoms with Crippen LogP contribution in [-0.4, -0.2) is 35.3 Å². The maximum absolute atomic E-state index is 13.8. The normalized spacial score (nSPS) is 17.5. The van der Waals surface area contributed by atoms with Crippen molar-refractivity contribution in [3.05, 3.63) is 108 Å². The molecule has 5 nitrogen and oxygen atoms in total. The van der Waals surface area contributed by atoms with Gasteiger partial charge in [-0.3, -0.25) is 9.59 Å². The molecule has 3 aromatic rings. The molecule has 32 heavy (non-hydrogen) atoms. The van der Waals surface area contributed by atoms with Crippen molar-refractivity contribution in [2.45, 2.75) is 25.3 Å². The van der Waals surface area contributed by atoms with Gasteiger partial charge in [0.15, 0.2) is 5.78 Å². The quantitative estimate of drug-likeness (QED) is 0.504. The summed E-state index contributed by atoms with van der Waals surface area (Å²) in [4.78, 5) is 40.9. The van der Waals surface area contributed by atoms with E-state index in [1.165, 1.54) is 4.90 Å². The molecule has 0 spiro atoms. The van der Waals surface area contributed by atoms with E-state index in [1.807, 2.05) is 66.7 Å². The van der Waals surface area contributed by atoms with E-state index in [2.05, 4.69) is 0 Å². The van der Waals surface area contributed by atoms with Gasteiger partial charge in [0.1, 0.15) is 6.61 Å². The molecule has 0 N–H and O–H groups in total. The molecule has 3 aromatic carbocycles. The topological polar surface area (TPSA) is 63.7 Å². The molecule has 0 aliphatic carbocycles. The van der Waals surface area contributed by atoms with Gasteiger partial charge in [-0.05, 0) is 17.5 Å². The minimum atomic E-state index is -0.798. The number of rotatable bonds is 7. The number of ether oxygens (including phenoxy) is 1. The van der Waals surface area contributed by atoms with Crippen molar-refractivity contribution in [2.75, 3.05) is 6.61 Å². The Morgan fingerprint density at radius 3 is 2.09 bits per heavy atom. The fraction of sp³-hybridized carbons (Fsp3) is 0.222. The van der Waals surface area contributed by atoms with E-state index in [0.29, 0.717) is 17.5 Å². The van der Waals surface area contributed by atoms with Gasteiger partial charge in [-0.25, -0.2) is 9.69 Å². The second-order valence-corrected chi connectivity index (χ2v) is 8.04. The van der Waals surface area contributed by atoms with Crippen LogP contribution in [0.15, 0.2) is 91.0 Å². The average Bonchev–Trinajstić information content (AvgIpc) is 3.20. The summed E-state index contributed by atoms with van der Waals surface area (Å²) in [5, 5.41) is 0. The maximum atomic E-state index is 13.8. The number of hydrogen-bond donors (Lipinski definition) is 0. The number of cyclic esters (lactones) is 1. The first-order chi connectivity index (χ1) is 15.6. The van der Waals surface area contributed by atoms with Gasteiger partial charge in [-0.15, -0.1) is 0 Å². The van der Waals surface area contributed by atoms with Crippen molar-refractivity contribution in [3.63, 3.8) is 0 Å². The number of carbonyl (C=O) groups is 3. The van der Waals surface area contributed by atoms with Crippen LogP contribution < -0.4 is 0 Å². The second kappa shape index (κ2) is 9.60. The molecule has 5 heteroatoms. The zero-order chi connectivity index (χ0) is 22.5. The van der Waals surface area contributed by atoms with Crippen molar-refractivity contribution < 1.29 is 19.1 Å². The fourth-order valence-corrected chi connectivity index (χ4v) is 4.24. The van der Waals surface area contributed by atoms with Crippen molar-refractivity contribution >= 4 is 17.8 Å². The third-order valence-corrected chi connectivity index (χ3v) is 5.91. The predicted molar refractivity (Wildman–Crippen MR) is 121 cm³/mol. The first-order valence-electron chi connectivity index (χ1n) is 10.7. The zero-order valence-electron chi connectivity index (χ0n) is 17.9. The van der Waals surface area contributed by atoms with E-state index in [-0.39, 0.29) is 12.4 Å². The monoisotopic (exact) mass is 427 g/mol. The van der Waals surface area contributed by atoms with E-state index in [0.717, 1.165) is 5.56 Å². The Balaban J connectivity index is 1.66. The summed E-state index contributed by atoms with van der Waals surface area (Å²) in [6.45, 7) is 1.89. The van der Waals surface area contributed by atoms with Crippen molar-refractivity contribution in [1.82, 2.24) is 4.90 Å². The maximum Gasteiger partial charge on any atom is 0.417 e. The lowest BCUT2D eigenvalue weighted by Crippen LogP contribution is -2.45. The van der Waals surface area contributed by atoms with Crippen LogP contribution in [0.5, 0.6) is 0 Å². The van der Waals surface area contributed by atoms with Gasteiger partial charge in [-0.1, -0.05) is 97.9 Å². The Labute approximate surface area is 187 Å². The molecule has 1 saturated heterocycles. The number of benzene rings is 3. The molecule has 0 radical (unpaired) electrons. The van der Waals surface area contributed by atoms with Crippen LogP contribution in [0, 0.1) is 5.92 Å². The lowest BCUT2D eigenvalue weighted by atomic mass is 9.81. The largest absolute Gasteiger partial charge is 0.447 e. The summed E-state index contributed by atoms with van der Waals surface area (Å²) in [5.41, 5.74) is 2.25. The summed E-state index contributed by atoms with van der Waals surface area (Å²) in [6, 6.07) is 27.4. The summed E-state index contributed by atoms with van der Waals surface area (Å²) in [5.74, 6) is -2.00. The summed E-state index contributed by atoms with van der Waals surface area (Å²) < 4.78 is 5.26. The SMILES string of the molecule is C[C@@H](C(=O)c1ccccc1)[C@H](C(=O)N1C(=O)OC[C@H]1Cc1ccccc1)c1ccccc1. The molecule has 1 aliphatic heterocycles. The number of Topliss-reactive ketones (excluding diaryl/α,β-unsaturated/α-hetero) is 1. The van der Waals surface area contributed by atoms with E-state index in [1.54, 1.807) is 31.2 Å². The lowest BCUT2D eigenvalue weighted by Gasteiger charge is -2.28. The Bertz CT molecular complexity index is 1080. The molecule has 0 saturated carbocycles. The van der Waals surface area contributed by atoms with E-state index < -0.39 is 29.9 Å². The molecule has 1 heterocycles. The van der Waals surface area contributed by atoms with Crippen molar-refractivity contribution in [1.29, 1.82) is 0 Å². The Hall–Kier alpha value is -3.73. The van der Waals surface area contributed by atoms with Crippen LogP contribution in [0.3, 0.4) is 0 Å². The van der Waals surface area contributed by atoms with E-state index >= 15 is 0 Å². The average molecular weight is 428 g/mol. The van der Waals surface area contributed by atoms with Crippen LogP contribution in [0.2, 0.25) is 0 Å². The summed E-state index contributed by atoms with van der Waals surface area (Å²) in [7, 11) is 0. The van der Waals surface area contributed by atoms with Gasteiger partial charge in [0.05, 0.1) is 12.0 Å². The number of amides is 2.